The van der Waals surface area contributed by atoms with Gasteiger partial charge in [0.25, 0.3) is 22.7 Å². The van der Waals surface area contributed by atoms with Gasteiger partial charge in [-0.05, 0) is 57.2 Å². The smallest absolute Gasteiger partial charge is 0.325 e. The highest BCUT2D eigenvalue weighted by Crippen LogP contribution is 2.30. The van der Waals surface area contributed by atoms with Gasteiger partial charge >= 0.3 is 17.9 Å². The van der Waals surface area contributed by atoms with Crippen LogP contribution in [0.1, 0.15) is 72.6 Å². The van der Waals surface area contributed by atoms with Gasteiger partial charge in [-0.1, -0.05) is 21.3 Å². The quantitative estimate of drug-likeness (QED) is 0.0215. The van der Waals surface area contributed by atoms with E-state index in [0.29, 0.717) is 131 Å². The molecule has 2 atom stereocenters. The van der Waals surface area contributed by atoms with Crippen LogP contribution in [0.5, 0.6) is 0 Å². The fourth-order valence-corrected chi connectivity index (χ4v) is 6.18. The number of non-ortho nitro benzene ring substituents is 2. The number of esters is 2. The van der Waals surface area contributed by atoms with Crippen LogP contribution in [0.2, 0.25) is 0 Å². The van der Waals surface area contributed by atoms with Gasteiger partial charge in [-0.15, -0.1) is 0 Å². The number of nitrogens with zero attached hydrogens (tertiary/aromatic N) is 4. The Hall–Kier alpha value is -7.82. The van der Waals surface area contributed by atoms with Crippen molar-refractivity contribution >= 4 is 69.8 Å². The highest BCUT2D eigenvalue weighted by atomic mass is 16.6. The van der Waals surface area contributed by atoms with Gasteiger partial charge in [0.05, 0.1) is 98.9 Å². The molecule has 0 bridgehead atoms. The van der Waals surface area contributed by atoms with Crippen molar-refractivity contribution in [3.05, 3.63) is 76.9 Å². The van der Waals surface area contributed by atoms with Crippen LogP contribution < -0.4 is 32.3 Å². The summed E-state index contributed by atoms with van der Waals surface area (Å²) in [6.45, 7) is 10.2. The average Bonchev–Trinajstić information content (AvgIpc) is 3.48. The zero-order valence-electron chi connectivity index (χ0n) is 47.3. The second kappa shape index (κ2) is 49.8. The minimum absolute atomic E-state index is 0. The summed E-state index contributed by atoms with van der Waals surface area (Å²) in [6.07, 6.45) is 3.40. The average molecular weight is 1210 g/mol. The molecule has 476 valence electrons. The molecule has 84 heavy (non-hydrogen) atoms. The molecule has 0 radical (unpaired) electrons. The van der Waals surface area contributed by atoms with Crippen LogP contribution in [0.15, 0.2) is 36.4 Å². The summed E-state index contributed by atoms with van der Waals surface area (Å²) in [4.78, 5) is 108. The van der Waals surface area contributed by atoms with Crippen LogP contribution >= 0.6 is 0 Å². The summed E-state index contributed by atoms with van der Waals surface area (Å²) in [5.74, 6) is -3.66. The molecule has 0 aliphatic heterocycles. The molecule has 33 heteroatoms. The Bertz CT molecular complexity index is 2280. The Labute approximate surface area is 486 Å². The zero-order chi connectivity index (χ0) is 62.2. The number of anilines is 2. The number of hydrogen-bond donors (Lipinski definition) is 7. The third-order valence-corrected chi connectivity index (χ3v) is 10.9. The first-order valence-corrected chi connectivity index (χ1v) is 26.4. The Morgan fingerprint density at radius 2 is 0.857 bits per heavy atom. The van der Waals surface area contributed by atoms with Crippen LogP contribution in [-0.2, 0) is 66.7 Å². The predicted molar refractivity (Wildman–Crippen MR) is 303 cm³/mol. The van der Waals surface area contributed by atoms with E-state index in [0.717, 1.165) is 18.6 Å². The highest BCUT2D eigenvalue weighted by molar-refractivity contribution is 5.84. The maximum absolute atomic E-state index is 11.9. The lowest BCUT2D eigenvalue weighted by Crippen LogP contribution is -2.34. The maximum atomic E-state index is 11.9. The number of carboxylic acids is 1. The van der Waals surface area contributed by atoms with Gasteiger partial charge in [0.2, 0.25) is 17.7 Å². The number of hydrogen-bond acceptors (Lipinski definition) is 25. The second-order valence-electron chi connectivity index (χ2n) is 17.4. The Kier molecular flexibility index (Phi) is 46.4. The van der Waals surface area contributed by atoms with Crippen LogP contribution in [0.25, 0.3) is 0 Å². The lowest BCUT2D eigenvalue weighted by molar-refractivity contribution is -0.393. The Morgan fingerprint density at radius 3 is 1.19 bits per heavy atom. The summed E-state index contributed by atoms with van der Waals surface area (Å²) in [5, 5.41) is 65.4. The van der Waals surface area contributed by atoms with Crippen molar-refractivity contribution in [3.8, 4) is 0 Å². The highest BCUT2D eigenvalue weighted by Gasteiger charge is 2.21. The number of ether oxygens (including phenoxy) is 8. The fraction of sp³-hybridized carbons (Fsp3) is 0.647. The Morgan fingerprint density at radius 1 is 0.512 bits per heavy atom. The zero-order valence-corrected chi connectivity index (χ0v) is 47.3. The number of carbonyl (C=O) groups excluding carboxylic acids is 5. The third kappa shape index (κ3) is 40.4. The number of nitro groups is 4. The molecule has 2 aromatic rings. The third-order valence-electron chi connectivity index (χ3n) is 10.9. The molecule has 2 rings (SSSR count). The molecule has 0 aromatic heterocycles. The van der Waals surface area contributed by atoms with Crippen LogP contribution in [0.3, 0.4) is 0 Å². The van der Waals surface area contributed by atoms with Crippen molar-refractivity contribution in [3.63, 3.8) is 0 Å². The standard InChI is InChI=1S/C25H39N5O11.C16H26N4O7.C9H15NO5.CH4/c1-19(25(33)28-18-24(32)38-2)5-8-23(31)27-10-4-12-40-14-16-41-15-13-39-11-3-9-26-21-7-6-20(29(34)35)17-22(21)30(36)37;17-5-1-7-25-9-11-27-12-10-26-8-2-6-18-15-4-3-14(19(21)22)13-16(15)20(23)24;1-6(3-4-7(11)12)9(14)10-5-8(13)15-2;/h6-7,17,19,26H,3-5,8-16,18H2,1-2H3,(H,27,31)(H,28,33);3-4,13,18H,1-2,5-12,17H2;6H,3-5H2,1-2H3,(H,10,14)(H,11,12);1H4/t19-;;6-;/m0.0./s1. The summed E-state index contributed by atoms with van der Waals surface area (Å²) < 4.78 is 41.1. The van der Waals surface area contributed by atoms with Crippen molar-refractivity contribution in [1.29, 1.82) is 0 Å². The molecule has 0 heterocycles. The molecule has 0 saturated carbocycles. The number of methoxy groups -OCH3 is 2. The molecule has 0 spiro atoms. The molecule has 8 N–H and O–H groups in total. The minimum Gasteiger partial charge on any atom is -0.481 e. The van der Waals surface area contributed by atoms with E-state index in [2.05, 4.69) is 36.1 Å². The first kappa shape index (κ1) is 78.2. The van der Waals surface area contributed by atoms with Crippen molar-refractivity contribution < 1.29 is 91.5 Å². The fourth-order valence-electron chi connectivity index (χ4n) is 6.18. The minimum atomic E-state index is -0.942. The molecule has 0 aliphatic carbocycles. The number of benzene rings is 2. The van der Waals surface area contributed by atoms with Gasteiger partial charge in [-0.25, -0.2) is 0 Å². The molecule has 0 fully saturated rings. The van der Waals surface area contributed by atoms with Crippen molar-refractivity contribution in [2.75, 3.05) is 143 Å². The molecular formula is C51H84N10O23. The lowest BCUT2D eigenvalue weighted by Gasteiger charge is -2.11. The molecule has 0 saturated heterocycles. The molecular weight excluding hydrogens is 1120 g/mol. The number of carbonyl (C=O) groups is 6. The van der Waals surface area contributed by atoms with Gasteiger partial charge in [0.1, 0.15) is 24.5 Å². The van der Waals surface area contributed by atoms with Gasteiger partial charge in [0.15, 0.2) is 0 Å². The van der Waals surface area contributed by atoms with Gasteiger partial charge in [0, 0.05) is 82.9 Å². The van der Waals surface area contributed by atoms with E-state index in [1.165, 1.54) is 38.5 Å². The first-order chi connectivity index (χ1) is 39.7. The van der Waals surface area contributed by atoms with Crippen LogP contribution in [-0.4, -0.2) is 193 Å². The number of nitro benzene ring substituents is 4. The van der Waals surface area contributed by atoms with Gasteiger partial charge in [-0.3, -0.25) is 69.2 Å². The largest absolute Gasteiger partial charge is 0.481 e. The lowest BCUT2D eigenvalue weighted by atomic mass is 10.0. The number of nitrogens with one attached hydrogen (secondary N) is 5. The summed E-state index contributed by atoms with van der Waals surface area (Å²) in [7, 11) is 2.46. The molecule has 3 amide bonds. The summed E-state index contributed by atoms with van der Waals surface area (Å²) in [5.41, 5.74) is 4.44. The summed E-state index contributed by atoms with van der Waals surface area (Å²) in [6, 6.07) is 6.94. The second-order valence-corrected chi connectivity index (χ2v) is 17.4. The first-order valence-electron chi connectivity index (χ1n) is 26.4. The van der Waals surface area contributed by atoms with Crippen LogP contribution in [0, 0.1) is 52.3 Å². The Balaban J connectivity index is 0. The molecule has 2 aromatic carbocycles. The molecule has 0 unspecified atom stereocenters. The number of carboxylic acid groups (broad SMARTS) is 1. The van der Waals surface area contributed by atoms with E-state index in [4.69, 9.17) is 39.3 Å². The number of amides is 3. The van der Waals surface area contributed by atoms with Crippen LogP contribution in [0.4, 0.5) is 34.1 Å². The van der Waals surface area contributed by atoms with Crippen molar-refractivity contribution in [2.24, 2.45) is 17.6 Å². The maximum Gasteiger partial charge on any atom is 0.325 e. The number of nitrogens with two attached hydrogens (primary N) is 1. The molecule has 0 aliphatic rings. The van der Waals surface area contributed by atoms with E-state index >= 15 is 0 Å². The van der Waals surface area contributed by atoms with E-state index in [1.807, 2.05) is 0 Å². The predicted octanol–water partition coefficient (Wildman–Crippen LogP) is 3.68. The number of rotatable bonds is 45. The van der Waals surface area contributed by atoms with E-state index < -0.39 is 49.4 Å². The van der Waals surface area contributed by atoms with E-state index in [-0.39, 0.29) is 91.6 Å². The monoisotopic (exact) mass is 1200 g/mol. The van der Waals surface area contributed by atoms with Crippen molar-refractivity contribution in [1.82, 2.24) is 16.0 Å². The SMILES string of the molecule is C.COC(=O)CNC(=O)[C@@H](C)CCC(=O)NCCCOCCOCCOCCCNc1ccc([N+](=O)[O-])cc1[N+](=O)[O-].COC(=O)CNC(=O)[C@@H](C)CCC(=O)O.NCCCOCCOCCOCCCNc1ccc([N+](=O)[O-])cc1[N+](=O)[O-]. The van der Waals surface area contributed by atoms with Gasteiger partial charge < -0.3 is 75.3 Å². The van der Waals surface area contributed by atoms with E-state index in [9.17, 15) is 69.2 Å². The normalized spacial score (nSPS) is 11.1. The topological polar surface area (TPSA) is 455 Å². The molecule has 33 nitrogen and oxygen atoms in total. The van der Waals surface area contributed by atoms with Gasteiger partial charge in [-0.2, -0.15) is 0 Å². The summed E-state index contributed by atoms with van der Waals surface area (Å²) >= 11 is 0. The van der Waals surface area contributed by atoms with Crippen molar-refractivity contribution in [2.45, 2.75) is 72.6 Å². The van der Waals surface area contributed by atoms with E-state index in [1.54, 1.807) is 13.8 Å². The number of aliphatic carboxylic acids is 1.